The minimum atomic E-state index is -0.585. The van der Waals surface area contributed by atoms with Crippen molar-refractivity contribution in [2.24, 2.45) is 7.05 Å². The van der Waals surface area contributed by atoms with Crippen LogP contribution in [-0.4, -0.2) is 66.4 Å². The Morgan fingerprint density at radius 3 is 2.42 bits per heavy atom. The fraction of sp³-hybridized carbons (Fsp3) is 0.500. The molecule has 33 heavy (non-hydrogen) atoms. The van der Waals surface area contributed by atoms with Gasteiger partial charge in [-0.05, 0) is 25.3 Å². The zero-order valence-corrected chi connectivity index (χ0v) is 19.1. The van der Waals surface area contributed by atoms with E-state index in [-0.39, 0.29) is 12.1 Å². The molecule has 3 aromatic heterocycles. The molecule has 2 saturated heterocycles. The predicted molar refractivity (Wildman–Crippen MR) is 125 cm³/mol. The first-order valence-electron chi connectivity index (χ1n) is 11.1. The number of aryl methyl sites for hydroxylation is 1. The molecule has 0 aromatic carbocycles. The van der Waals surface area contributed by atoms with Crippen LogP contribution < -0.4 is 16.0 Å². The van der Waals surface area contributed by atoms with E-state index in [1.54, 1.807) is 13.1 Å². The number of hydrogen-bond donors (Lipinski definition) is 1. The van der Waals surface area contributed by atoms with E-state index in [0.717, 1.165) is 25.1 Å². The molecule has 0 saturated carbocycles. The van der Waals surface area contributed by atoms with Gasteiger partial charge in [0.05, 0.1) is 16.6 Å². The maximum Gasteiger partial charge on any atom is 0.318 e. The van der Waals surface area contributed by atoms with Crippen LogP contribution in [0.5, 0.6) is 0 Å². The molecule has 2 aliphatic heterocycles. The summed E-state index contributed by atoms with van der Waals surface area (Å²) in [6.45, 7) is 3.63. The molecular weight excluding hydrogens is 446 g/mol. The first-order valence-corrected chi connectivity index (χ1v) is 11.5. The lowest BCUT2D eigenvalue weighted by Crippen LogP contribution is -2.45. The molecule has 2 fully saturated rings. The highest BCUT2D eigenvalue weighted by Crippen LogP contribution is 2.26. The van der Waals surface area contributed by atoms with Gasteiger partial charge in [0, 0.05) is 70.0 Å². The van der Waals surface area contributed by atoms with Gasteiger partial charge in [0.25, 0.3) is 0 Å². The molecular formula is C22H26ClN7O3. The molecule has 0 spiro atoms. The maximum atomic E-state index is 12.8. The second-order valence-electron chi connectivity index (χ2n) is 8.82. The lowest BCUT2D eigenvalue weighted by atomic mass is 10.0. The highest BCUT2D eigenvalue weighted by atomic mass is 35.5. The monoisotopic (exact) mass is 471 g/mol. The number of piperidine rings is 1. The minimum absolute atomic E-state index is 0.139. The third-order valence-electron chi connectivity index (χ3n) is 6.57. The number of halogens is 1. The van der Waals surface area contributed by atoms with Crippen LogP contribution in [0, 0.1) is 0 Å². The standard InChI is InChI=1S/C22H26ClN7O3/c1-27-18-8-15(23)11-24-19(18)30(21(33)20(27)32)16-2-6-29(7-3-16)22-25-9-14(10-26-22)12-28-5-4-17(31)13-28/h8-11,16-17,31H,2-7,12-13H2,1H3. The van der Waals surface area contributed by atoms with Crippen molar-refractivity contribution >= 4 is 28.7 Å². The van der Waals surface area contributed by atoms with Crippen LogP contribution >= 0.6 is 11.6 Å². The molecule has 1 N–H and O–H groups in total. The summed E-state index contributed by atoms with van der Waals surface area (Å²) >= 11 is 6.07. The zero-order valence-electron chi connectivity index (χ0n) is 18.4. The van der Waals surface area contributed by atoms with E-state index in [9.17, 15) is 14.7 Å². The number of hydrogen-bond acceptors (Lipinski definition) is 8. The van der Waals surface area contributed by atoms with E-state index in [2.05, 4.69) is 24.8 Å². The number of pyridine rings is 1. The summed E-state index contributed by atoms with van der Waals surface area (Å²) in [6, 6.07) is 1.52. The summed E-state index contributed by atoms with van der Waals surface area (Å²) in [5.74, 6) is 0.657. The Labute approximate surface area is 195 Å². The molecule has 174 valence electrons. The largest absolute Gasteiger partial charge is 0.392 e. The molecule has 1 unspecified atom stereocenters. The molecule has 1 atom stereocenters. The SMILES string of the molecule is Cn1c(=O)c(=O)n(C2CCN(c3ncc(CN4CCC(O)C4)cn3)CC2)c2ncc(Cl)cc21. The van der Waals surface area contributed by atoms with Gasteiger partial charge in [0.2, 0.25) is 5.95 Å². The molecule has 5 rings (SSSR count). The molecule has 0 aliphatic carbocycles. The topological polar surface area (TPSA) is 109 Å². The van der Waals surface area contributed by atoms with Crippen molar-refractivity contribution in [3.05, 3.63) is 56.0 Å². The number of rotatable bonds is 4. The maximum absolute atomic E-state index is 12.8. The fourth-order valence-electron chi connectivity index (χ4n) is 4.78. The van der Waals surface area contributed by atoms with Crippen LogP contribution in [0.3, 0.4) is 0 Å². The summed E-state index contributed by atoms with van der Waals surface area (Å²) < 4.78 is 2.83. The Morgan fingerprint density at radius 2 is 1.76 bits per heavy atom. The van der Waals surface area contributed by atoms with Crippen LogP contribution in [0.4, 0.5) is 5.95 Å². The summed E-state index contributed by atoms with van der Waals surface area (Å²) in [4.78, 5) is 43.1. The van der Waals surface area contributed by atoms with Gasteiger partial charge in [-0.1, -0.05) is 11.6 Å². The first-order chi connectivity index (χ1) is 15.9. The number of aliphatic hydroxyl groups is 1. The smallest absolute Gasteiger partial charge is 0.318 e. The van der Waals surface area contributed by atoms with Crippen LogP contribution in [0.15, 0.2) is 34.2 Å². The lowest BCUT2D eigenvalue weighted by molar-refractivity contribution is 0.174. The Hall–Kier alpha value is -2.82. The molecule has 3 aromatic rings. The Balaban J connectivity index is 1.31. The summed E-state index contributed by atoms with van der Waals surface area (Å²) in [5, 5.41) is 10.1. The average Bonchev–Trinajstić information content (AvgIpc) is 3.23. The number of anilines is 1. The van der Waals surface area contributed by atoms with Crippen molar-refractivity contribution in [3.63, 3.8) is 0 Å². The Morgan fingerprint density at radius 1 is 1.03 bits per heavy atom. The summed E-state index contributed by atoms with van der Waals surface area (Å²) in [5.41, 5.74) is 0.881. The predicted octanol–water partition coefficient (Wildman–Crippen LogP) is 0.947. The van der Waals surface area contributed by atoms with Crippen LogP contribution in [0.1, 0.15) is 30.9 Å². The van der Waals surface area contributed by atoms with Gasteiger partial charge in [-0.2, -0.15) is 0 Å². The average molecular weight is 472 g/mol. The number of likely N-dealkylation sites (tertiary alicyclic amines) is 1. The summed E-state index contributed by atoms with van der Waals surface area (Å²) in [6.07, 6.45) is 7.08. The molecule has 11 heteroatoms. The third kappa shape index (κ3) is 4.25. The molecule has 5 heterocycles. The van der Waals surface area contributed by atoms with Gasteiger partial charge < -0.3 is 14.6 Å². The normalized spacial score (nSPS) is 20.1. The van der Waals surface area contributed by atoms with Crippen molar-refractivity contribution in [1.82, 2.24) is 29.0 Å². The number of β-amino-alcohol motifs (C(OH)–C–C–N with tert-alkyl or cyclic N) is 1. The molecule has 0 bridgehead atoms. The quantitative estimate of drug-likeness (QED) is 0.560. The van der Waals surface area contributed by atoms with E-state index in [4.69, 9.17) is 11.6 Å². The first kappa shape index (κ1) is 22.0. The molecule has 10 nitrogen and oxygen atoms in total. The van der Waals surface area contributed by atoms with Crippen molar-refractivity contribution < 1.29 is 5.11 Å². The molecule has 2 aliphatic rings. The Bertz CT molecular complexity index is 1280. The number of fused-ring (bicyclic) bond motifs is 1. The highest BCUT2D eigenvalue weighted by Gasteiger charge is 2.26. The van der Waals surface area contributed by atoms with Gasteiger partial charge in [0.15, 0.2) is 5.65 Å². The van der Waals surface area contributed by atoms with Gasteiger partial charge in [-0.15, -0.1) is 0 Å². The molecule has 0 radical (unpaired) electrons. The minimum Gasteiger partial charge on any atom is -0.392 e. The van der Waals surface area contributed by atoms with Crippen molar-refractivity contribution in [1.29, 1.82) is 0 Å². The van der Waals surface area contributed by atoms with E-state index in [1.165, 1.54) is 15.3 Å². The van der Waals surface area contributed by atoms with E-state index >= 15 is 0 Å². The number of aliphatic hydroxyl groups excluding tert-OH is 1. The fourth-order valence-corrected chi connectivity index (χ4v) is 4.93. The van der Waals surface area contributed by atoms with Crippen LogP contribution in [-0.2, 0) is 13.6 Å². The van der Waals surface area contributed by atoms with Crippen LogP contribution in [0.2, 0.25) is 5.02 Å². The summed E-state index contributed by atoms with van der Waals surface area (Å²) in [7, 11) is 1.56. The van der Waals surface area contributed by atoms with Gasteiger partial charge in [-0.3, -0.25) is 19.1 Å². The van der Waals surface area contributed by atoms with E-state index in [1.807, 2.05) is 12.4 Å². The lowest BCUT2D eigenvalue weighted by Gasteiger charge is -2.33. The second-order valence-corrected chi connectivity index (χ2v) is 9.26. The van der Waals surface area contributed by atoms with Gasteiger partial charge >= 0.3 is 11.1 Å². The highest BCUT2D eigenvalue weighted by molar-refractivity contribution is 6.31. The Kier molecular flexibility index (Phi) is 5.90. The number of aromatic nitrogens is 5. The zero-order chi connectivity index (χ0) is 23.1. The van der Waals surface area contributed by atoms with Crippen molar-refractivity contribution in [2.75, 3.05) is 31.1 Å². The molecule has 0 amide bonds. The van der Waals surface area contributed by atoms with Crippen molar-refractivity contribution in [2.45, 2.75) is 38.0 Å². The van der Waals surface area contributed by atoms with E-state index in [0.29, 0.717) is 54.6 Å². The second kappa shape index (κ2) is 8.85. The van der Waals surface area contributed by atoms with Crippen molar-refractivity contribution in [3.8, 4) is 0 Å². The van der Waals surface area contributed by atoms with E-state index < -0.39 is 11.1 Å². The number of nitrogens with zero attached hydrogens (tertiary/aromatic N) is 7. The van der Waals surface area contributed by atoms with Gasteiger partial charge in [0.1, 0.15) is 0 Å². The van der Waals surface area contributed by atoms with Crippen LogP contribution in [0.25, 0.3) is 11.2 Å². The van der Waals surface area contributed by atoms with Gasteiger partial charge in [-0.25, -0.2) is 15.0 Å². The third-order valence-corrected chi connectivity index (χ3v) is 6.77.